The van der Waals surface area contributed by atoms with Crippen LogP contribution < -0.4 is 8.91 Å². The Morgan fingerprint density at radius 2 is 1.50 bits per heavy atom. The van der Waals surface area contributed by atoms with Crippen LogP contribution in [0.2, 0.25) is 0 Å². The summed E-state index contributed by atoms with van der Waals surface area (Å²) in [6, 6.07) is 10.1. The highest BCUT2D eigenvalue weighted by Crippen LogP contribution is 2.21. The summed E-state index contributed by atoms with van der Waals surface area (Å²) < 4.78 is 60.3. The number of carbonyl (C=O) groups is 1. The molecule has 28 heavy (non-hydrogen) atoms. The molecule has 0 fully saturated rings. The third-order valence-corrected chi connectivity index (χ3v) is 6.41. The van der Waals surface area contributed by atoms with Crippen LogP contribution in [0.3, 0.4) is 0 Å². The van der Waals surface area contributed by atoms with Gasteiger partial charge in [-0.1, -0.05) is 13.3 Å². The lowest BCUT2D eigenvalue weighted by atomic mass is 10.2. The number of unbranched alkanes of at least 4 members (excludes halogenated alkanes) is 1. The molecule has 10 heteroatoms. The van der Waals surface area contributed by atoms with Crippen molar-refractivity contribution in [1.29, 1.82) is 0 Å². The van der Waals surface area contributed by atoms with Crippen molar-refractivity contribution in [2.45, 2.75) is 29.6 Å². The lowest BCUT2D eigenvalue weighted by molar-refractivity contribution is 0.0499. The van der Waals surface area contributed by atoms with E-state index >= 15 is 0 Å². The van der Waals surface area contributed by atoms with Crippen LogP contribution in [0.5, 0.6) is 5.75 Å². The Morgan fingerprint density at radius 1 is 0.929 bits per heavy atom. The van der Waals surface area contributed by atoms with E-state index in [0.717, 1.165) is 37.1 Å². The van der Waals surface area contributed by atoms with Crippen LogP contribution in [-0.4, -0.2) is 36.5 Å². The van der Waals surface area contributed by atoms with Gasteiger partial charge in [0.15, 0.2) is 0 Å². The molecule has 0 radical (unpaired) electrons. The van der Waals surface area contributed by atoms with Gasteiger partial charge in [0.2, 0.25) is 10.0 Å². The summed E-state index contributed by atoms with van der Waals surface area (Å²) in [4.78, 5) is 11.6. The fraction of sp³-hybridized carbons (Fsp3) is 0.278. The lowest BCUT2D eigenvalue weighted by Crippen LogP contribution is -2.18. The Hall–Kier alpha value is -2.43. The summed E-state index contributed by atoms with van der Waals surface area (Å²) in [5, 5.41) is 0. The molecule has 0 aliphatic carbocycles. The third kappa shape index (κ3) is 5.54. The van der Waals surface area contributed by atoms with Crippen LogP contribution in [0.1, 0.15) is 30.1 Å². The standard InChI is InChI=1S/C18H21NO7S2/c1-3-4-13-25-18(20)14-5-7-15(8-6-14)26-28(23,24)17-11-9-16(10-12-17)27(21,22)19-2/h5-12,19H,3-4,13H2,1-2H3. The van der Waals surface area contributed by atoms with Gasteiger partial charge >= 0.3 is 16.1 Å². The van der Waals surface area contributed by atoms with Crippen LogP contribution in [0, 0.1) is 0 Å². The minimum atomic E-state index is -4.16. The van der Waals surface area contributed by atoms with Crippen LogP contribution in [0.25, 0.3) is 0 Å². The molecule has 0 spiro atoms. The number of hydrogen-bond acceptors (Lipinski definition) is 7. The molecule has 0 saturated heterocycles. The second-order valence-corrected chi connectivity index (χ2v) is 9.16. The van der Waals surface area contributed by atoms with E-state index in [1.54, 1.807) is 0 Å². The van der Waals surface area contributed by atoms with Gasteiger partial charge < -0.3 is 8.92 Å². The zero-order valence-electron chi connectivity index (χ0n) is 15.4. The molecule has 0 unspecified atom stereocenters. The van der Waals surface area contributed by atoms with Gasteiger partial charge in [-0.15, -0.1) is 0 Å². The van der Waals surface area contributed by atoms with Gasteiger partial charge in [-0.3, -0.25) is 0 Å². The molecule has 0 saturated carbocycles. The average Bonchev–Trinajstić information content (AvgIpc) is 2.68. The molecule has 0 aliphatic heterocycles. The van der Waals surface area contributed by atoms with Crippen molar-refractivity contribution in [3.8, 4) is 5.75 Å². The highest BCUT2D eigenvalue weighted by molar-refractivity contribution is 7.89. The largest absolute Gasteiger partial charge is 0.462 e. The summed E-state index contributed by atoms with van der Waals surface area (Å²) >= 11 is 0. The van der Waals surface area contributed by atoms with Crippen molar-refractivity contribution in [2.75, 3.05) is 13.7 Å². The normalized spacial score (nSPS) is 11.8. The molecule has 1 N–H and O–H groups in total. The smallest absolute Gasteiger partial charge is 0.339 e. The number of rotatable bonds is 9. The van der Waals surface area contributed by atoms with E-state index in [-0.39, 0.29) is 21.1 Å². The maximum atomic E-state index is 12.3. The summed E-state index contributed by atoms with van der Waals surface area (Å²) in [5.74, 6) is -0.485. The molecule has 0 aliphatic rings. The molecule has 0 aromatic heterocycles. The van der Waals surface area contributed by atoms with Crippen LogP contribution in [-0.2, 0) is 24.9 Å². The van der Waals surface area contributed by atoms with E-state index in [9.17, 15) is 21.6 Å². The Bertz CT molecular complexity index is 1010. The van der Waals surface area contributed by atoms with Crippen molar-refractivity contribution in [3.05, 3.63) is 54.1 Å². The van der Waals surface area contributed by atoms with Gasteiger partial charge in [0.05, 0.1) is 17.1 Å². The van der Waals surface area contributed by atoms with Crippen molar-refractivity contribution in [2.24, 2.45) is 0 Å². The first kappa shape index (κ1) is 21.9. The van der Waals surface area contributed by atoms with E-state index in [1.807, 2.05) is 6.92 Å². The van der Waals surface area contributed by atoms with Crippen LogP contribution in [0.4, 0.5) is 0 Å². The number of hydrogen-bond donors (Lipinski definition) is 1. The number of esters is 1. The highest BCUT2D eigenvalue weighted by Gasteiger charge is 2.19. The van der Waals surface area contributed by atoms with Gasteiger partial charge in [-0.25, -0.2) is 17.9 Å². The van der Waals surface area contributed by atoms with E-state index in [1.165, 1.54) is 31.3 Å². The molecule has 0 amide bonds. The van der Waals surface area contributed by atoms with E-state index in [2.05, 4.69) is 4.72 Å². The van der Waals surface area contributed by atoms with Crippen molar-refractivity contribution < 1.29 is 30.6 Å². The first-order valence-electron chi connectivity index (χ1n) is 8.45. The Kier molecular flexibility index (Phi) is 7.17. The van der Waals surface area contributed by atoms with Crippen molar-refractivity contribution >= 4 is 26.1 Å². The first-order chi connectivity index (χ1) is 13.2. The molecule has 2 aromatic rings. The Morgan fingerprint density at radius 3 is 2.04 bits per heavy atom. The third-order valence-electron chi connectivity index (χ3n) is 3.72. The van der Waals surface area contributed by atoms with E-state index in [0.29, 0.717) is 6.61 Å². The summed E-state index contributed by atoms with van der Waals surface area (Å²) in [6.07, 6.45) is 1.67. The average molecular weight is 428 g/mol. The quantitative estimate of drug-likeness (QED) is 0.371. The Labute approximate surface area is 164 Å². The zero-order chi connectivity index (χ0) is 20.8. The minimum Gasteiger partial charge on any atom is -0.462 e. The van der Waals surface area contributed by atoms with E-state index in [4.69, 9.17) is 8.92 Å². The highest BCUT2D eigenvalue weighted by atomic mass is 32.2. The molecule has 0 atom stereocenters. The molecule has 2 rings (SSSR count). The zero-order valence-corrected chi connectivity index (χ0v) is 17.0. The molecular weight excluding hydrogens is 406 g/mol. The summed E-state index contributed by atoms with van der Waals surface area (Å²) in [6.45, 7) is 2.30. The molecule has 152 valence electrons. The van der Waals surface area contributed by atoms with Gasteiger partial charge in [0.1, 0.15) is 10.6 Å². The number of carbonyl (C=O) groups excluding carboxylic acids is 1. The fourth-order valence-corrected chi connectivity index (χ4v) is 3.78. The van der Waals surface area contributed by atoms with Crippen LogP contribution in [0.15, 0.2) is 58.3 Å². The molecule has 0 bridgehead atoms. The second-order valence-electron chi connectivity index (χ2n) is 5.73. The predicted molar refractivity (Wildman–Crippen MR) is 102 cm³/mol. The maximum Gasteiger partial charge on any atom is 0.339 e. The summed E-state index contributed by atoms with van der Waals surface area (Å²) in [5.41, 5.74) is 0.280. The molecule has 2 aromatic carbocycles. The number of ether oxygens (including phenoxy) is 1. The predicted octanol–water partition coefficient (Wildman–Crippen LogP) is 2.32. The summed E-state index contributed by atoms with van der Waals surface area (Å²) in [7, 11) is -6.58. The van der Waals surface area contributed by atoms with Crippen molar-refractivity contribution in [3.63, 3.8) is 0 Å². The van der Waals surface area contributed by atoms with Crippen molar-refractivity contribution in [1.82, 2.24) is 4.72 Å². The van der Waals surface area contributed by atoms with E-state index < -0.39 is 26.1 Å². The van der Waals surface area contributed by atoms with Gasteiger partial charge in [-0.05, 0) is 62.0 Å². The minimum absolute atomic E-state index is 0.0111. The number of sulfonamides is 1. The molecule has 0 heterocycles. The second kappa shape index (κ2) is 9.18. The Balaban J connectivity index is 2.10. The van der Waals surface area contributed by atoms with Gasteiger partial charge in [0, 0.05) is 0 Å². The maximum absolute atomic E-state index is 12.3. The van der Waals surface area contributed by atoms with Gasteiger partial charge in [-0.2, -0.15) is 8.42 Å². The SMILES string of the molecule is CCCCOC(=O)c1ccc(OS(=O)(=O)c2ccc(S(=O)(=O)NC)cc2)cc1. The topological polar surface area (TPSA) is 116 Å². The fourth-order valence-electron chi connectivity index (χ4n) is 2.12. The monoisotopic (exact) mass is 427 g/mol. The lowest BCUT2D eigenvalue weighted by Gasteiger charge is -2.09. The first-order valence-corrected chi connectivity index (χ1v) is 11.3. The van der Waals surface area contributed by atoms with Gasteiger partial charge in [0.25, 0.3) is 0 Å². The molecule has 8 nitrogen and oxygen atoms in total. The number of nitrogens with one attached hydrogen (secondary N) is 1. The number of benzene rings is 2. The van der Waals surface area contributed by atoms with Crippen LogP contribution >= 0.6 is 0 Å². The molecular formula is C18H21NO7S2.